The zero-order valence-corrected chi connectivity index (χ0v) is 18.6. The molecule has 0 unspecified atom stereocenters. The molecule has 1 nitrogen and oxygen atoms in total. The Balaban J connectivity index is 1.58. The summed E-state index contributed by atoms with van der Waals surface area (Å²) < 4.78 is 0. The first-order chi connectivity index (χ1) is 13.2. The lowest BCUT2D eigenvalue weighted by atomic mass is 9.63. The third-order valence-corrected chi connectivity index (χ3v) is 8.01. The Morgan fingerprint density at radius 2 is 1.26 bits per heavy atom. The number of unbranched alkanes of at least 4 members (excludes halogenated alkanes) is 7. The number of hydrogen-bond acceptors (Lipinski definition) is 1. The second-order valence-corrected chi connectivity index (χ2v) is 10.0. The van der Waals surface area contributed by atoms with E-state index in [1.54, 1.807) is 0 Å². The van der Waals surface area contributed by atoms with Crippen LogP contribution in [-0.4, -0.2) is 0 Å². The van der Waals surface area contributed by atoms with Crippen LogP contribution in [-0.2, 0) is 0 Å². The Kier molecular flexibility index (Phi) is 10.8. The van der Waals surface area contributed by atoms with Crippen molar-refractivity contribution in [1.82, 2.24) is 0 Å². The first kappa shape index (κ1) is 22.8. The van der Waals surface area contributed by atoms with Gasteiger partial charge in [0.15, 0.2) is 0 Å². The molecule has 2 aliphatic rings. The highest BCUT2D eigenvalue weighted by molar-refractivity contribution is 5.02. The summed E-state index contributed by atoms with van der Waals surface area (Å²) >= 11 is 0. The first-order valence-electron chi connectivity index (χ1n) is 12.6. The molecule has 156 valence electrons. The van der Waals surface area contributed by atoms with Crippen molar-refractivity contribution in [3.05, 3.63) is 0 Å². The van der Waals surface area contributed by atoms with Gasteiger partial charge < -0.3 is 0 Å². The van der Waals surface area contributed by atoms with Crippen LogP contribution in [0.1, 0.15) is 136 Å². The van der Waals surface area contributed by atoms with Crippen LogP contribution in [0.4, 0.5) is 0 Å². The molecule has 0 aromatic rings. The van der Waals surface area contributed by atoms with Gasteiger partial charge in [0.05, 0.1) is 11.5 Å². The predicted octanol–water partition coefficient (Wildman–Crippen LogP) is 8.82. The van der Waals surface area contributed by atoms with Gasteiger partial charge in [-0.2, -0.15) is 5.26 Å². The minimum Gasteiger partial charge on any atom is -0.198 e. The van der Waals surface area contributed by atoms with Crippen molar-refractivity contribution in [3.63, 3.8) is 0 Å². The lowest BCUT2D eigenvalue weighted by Gasteiger charge is -2.41. The molecule has 2 saturated carbocycles. The monoisotopic (exact) mass is 373 g/mol. The minimum absolute atomic E-state index is 0.0425. The van der Waals surface area contributed by atoms with Crippen molar-refractivity contribution in [2.24, 2.45) is 23.2 Å². The van der Waals surface area contributed by atoms with Gasteiger partial charge in [-0.1, -0.05) is 90.9 Å². The summed E-state index contributed by atoms with van der Waals surface area (Å²) in [5.41, 5.74) is 0.0425. The van der Waals surface area contributed by atoms with Gasteiger partial charge in [-0.15, -0.1) is 0 Å². The summed E-state index contributed by atoms with van der Waals surface area (Å²) in [6.07, 6.45) is 26.3. The molecule has 0 N–H and O–H groups in total. The van der Waals surface area contributed by atoms with Gasteiger partial charge in [0.1, 0.15) is 0 Å². The van der Waals surface area contributed by atoms with Crippen LogP contribution in [0, 0.1) is 34.5 Å². The SMILES string of the molecule is CCCCCCCCCC1CCC([C@H]2CC[C@](C#N)(CCCC)CC2)CC1. The summed E-state index contributed by atoms with van der Waals surface area (Å²) in [6.45, 7) is 4.55. The maximum absolute atomic E-state index is 9.71. The minimum atomic E-state index is 0.0425. The van der Waals surface area contributed by atoms with E-state index in [0.717, 1.165) is 24.2 Å². The number of nitriles is 1. The quantitative estimate of drug-likeness (QED) is 0.313. The van der Waals surface area contributed by atoms with Gasteiger partial charge in [0.25, 0.3) is 0 Å². The number of nitrogens with zero attached hydrogens (tertiary/aromatic N) is 1. The van der Waals surface area contributed by atoms with Crippen LogP contribution in [0.25, 0.3) is 0 Å². The molecule has 27 heavy (non-hydrogen) atoms. The second kappa shape index (κ2) is 12.9. The van der Waals surface area contributed by atoms with Crippen LogP contribution in [0.5, 0.6) is 0 Å². The molecular weight excluding hydrogens is 326 g/mol. The van der Waals surface area contributed by atoms with E-state index in [2.05, 4.69) is 19.9 Å². The van der Waals surface area contributed by atoms with Crippen molar-refractivity contribution >= 4 is 0 Å². The van der Waals surface area contributed by atoms with Crippen LogP contribution in [0.3, 0.4) is 0 Å². The van der Waals surface area contributed by atoms with Crippen molar-refractivity contribution in [3.8, 4) is 6.07 Å². The summed E-state index contributed by atoms with van der Waals surface area (Å²) in [6, 6.07) is 2.73. The summed E-state index contributed by atoms with van der Waals surface area (Å²) in [4.78, 5) is 0. The molecule has 0 saturated heterocycles. The van der Waals surface area contributed by atoms with Gasteiger partial charge in [0, 0.05) is 0 Å². The Hall–Kier alpha value is -0.510. The topological polar surface area (TPSA) is 23.8 Å². The fraction of sp³-hybridized carbons (Fsp3) is 0.962. The molecule has 0 aromatic heterocycles. The zero-order valence-electron chi connectivity index (χ0n) is 18.6. The van der Waals surface area contributed by atoms with Gasteiger partial charge in [-0.3, -0.25) is 0 Å². The van der Waals surface area contributed by atoms with Crippen molar-refractivity contribution in [2.45, 2.75) is 136 Å². The Bertz CT molecular complexity index is 404. The fourth-order valence-electron chi connectivity index (χ4n) is 5.94. The molecular formula is C26H47N. The lowest BCUT2D eigenvalue weighted by molar-refractivity contribution is 0.115. The summed E-state index contributed by atoms with van der Waals surface area (Å²) in [5.74, 6) is 2.95. The van der Waals surface area contributed by atoms with Crippen LogP contribution in [0.2, 0.25) is 0 Å². The highest BCUT2D eigenvalue weighted by Gasteiger charge is 2.38. The van der Waals surface area contributed by atoms with Gasteiger partial charge in [-0.05, 0) is 62.7 Å². The molecule has 1 heteroatoms. The number of rotatable bonds is 12. The molecule has 0 atom stereocenters. The highest BCUT2D eigenvalue weighted by Crippen LogP contribution is 2.47. The maximum Gasteiger partial charge on any atom is 0.0689 e. The molecule has 0 heterocycles. The molecule has 2 aliphatic carbocycles. The fourth-order valence-corrected chi connectivity index (χ4v) is 5.94. The van der Waals surface area contributed by atoms with Gasteiger partial charge in [-0.25, -0.2) is 0 Å². The lowest BCUT2D eigenvalue weighted by Crippen LogP contribution is -2.31. The van der Waals surface area contributed by atoms with E-state index in [1.165, 1.54) is 116 Å². The van der Waals surface area contributed by atoms with E-state index < -0.39 is 0 Å². The average molecular weight is 374 g/mol. The summed E-state index contributed by atoms with van der Waals surface area (Å²) in [7, 11) is 0. The van der Waals surface area contributed by atoms with E-state index in [1.807, 2.05) is 0 Å². The second-order valence-electron chi connectivity index (χ2n) is 10.0. The molecule has 0 bridgehead atoms. The largest absolute Gasteiger partial charge is 0.198 e. The van der Waals surface area contributed by atoms with Crippen LogP contribution < -0.4 is 0 Å². The average Bonchev–Trinajstić information content (AvgIpc) is 2.72. The van der Waals surface area contributed by atoms with E-state index >= 15 is 0 Å². The predicted molar refractivity (Wildman–Crippen MR) is 118 cm³/mol. The normalized spacial score (nSPS) is 31.5. The van der Waals surface area contributed by atoms with Crippen molar-refractivity contribution in [2.75, 3.05) is 0 Å². The van der Waals surface area contributed by atoms with Gasteiger partial charge in [0.2, 0.25) is 0 Å². The Labute approximate surface area is 170 Å². The third kappa shape index (κ3) is 7.79. The van der Waals surface area contributed by atoms with E-state index in [9.17, 15) is 5.26 Å². The molecule has 0 spiro atoms. The van der Waals surface area contributed by atoms with Crippen LogP contribution >= 0.6 is 0 Å². The highest BCUT2D eigenvalue weighted by atomic mass is 14.4. The Morgan fingerprint density at radius 1 is 0.704 bits per heavy atom. The number of hydrogen-bond donors (Lipinski definition) is 0. The standard InChI is InChI=1S/C26H47N/c1-3-5-7-8-9-10-11-12-23-13-15-24(16-14-23)25-17-20-26(22-27,21-18-25)19-6-4-2/h23-25H,3-21H2,1-2H3/t23?,24?,25-,26+. The van der Waals surface area contributed by atoms with E-state index in [0.29, 0.717) is 0 Å². The molecule has 0 amide bonds. The molecule has 2 rings (SSSR count). The Morgan fingerprint density at radius 3 is 1.85 bits per heavy atom. The molecule has 0 radical (unpaired) electrons. The first-order valence-corrected chi connectivity index (χ1v) is 12.6. The van der Waals surface area contributed by atoms with Crippen molar-refractivity contribution < 1.29 is 0 Å². The molecule has 0 aliphatic heterocycles. The molecule has 2 fully saturated rings. The molecule has 0 aromatic carbocycles. The zero-order chi connectivity index (χ0) is 19.4. The maximum atomic E-state index is 9.71. The third-order valence-electron chi connectivity index (χ3n) is 8.01. The van der Waals surface area contributed by atoms with Crippen molar-refractivity contribution in [1.29, 1.82) is 5.26 Å². The summed E-state index contributed by atoms with van der Waals surface area (Å²) in [5, 5.41) is 9.71. The van der Waals surface area contributed by atoms with Gasteiger partial charge >= 0.3 is 0 Å². The van der Waals surface area contributed by atoms with Crippen LogP contribution in [0.15, 0.2) is 0 Å². The van der Waals surface area contributed by atoms with E-state index in [4.69, 9.17) is 0 Å². The van der Waals surface area contributed by atoms with E-state index in [-0.39, 0.29) is 5.41 Å². The smallest absolute Gasteiger partial charge is 0.0689 e.